The Kier molecular flexibility index (Phi) is 6.39. The predicted molar refractivity (Wildman–Crippen MR) is 71.8 cm³/mol. The number of ether oxygens (including phenoxy) is 1. The van der Waals surface area contributed by atoms with Gasteiger partial charge in [-0.3, -0.25) is 10.2 Å². The van der Waals surface area contributed by atoms with Crippen LogP contribution in [0.3, 0.4) is 0 Å². The van der Waals surface area contributed by atoms with Gasteiger partial charge in [0.15, 0.2) is 0 Å². The molecule has 0 fully saturated rings. The summed E-state index contributed by atoms with van der Waals surface area (Å²) in [6, 6.07) is 7.34. The van der Waals surface area contributed by atoms with Crippen molar-refractivity contribution in [1.29, 1.82) is 0 Å². The molecular formula is C14H22N2O2. The summed E-state index contributed by atoms with van der Waals surface area (Å²) < 4.78 is 5.68. The van der Waals surface area contributed by atoms with Crippen LogP contribution in [0, 0.1) is 5.92 Å². The second kappa shape index (κ2) is 7.84. The minimum absolute atomic E-state index is 0.281. The first kappa shape index (κ1) is 14.7. The van der Waals surface area contributed by atoms with E-state index in [2.05, 4.69) is 19.3 Å². The summed E-state index contributed by atoms with van der Waals surface area (Å²) in [5.41, 5.74) is 3.59. The van der Waals surface area contributed by atoms with Crippen molar-refractivity contribution < 1.29 is 9.53 Å². The van der Waals surface area contributed by atoms with Crippen LogP contribution in [0.5, 0.6) is 0 Å². The van der Waals surface area contributed by atoms with E-state index >= 15 is 0 Å². The van der Waals surface area contributed by atoms with Gasteiger partial charge in [-0.1, -0.05) is 44.9 Å². The summed E-state index contributed by atoms with van der Waals surface area (Å²) in [6.45, 7) is 5.49. The quantitative estimate of drug-likeness (QED) is 0.443. The molecule has 0 saturated carbocycles. The van der Waals surface area contributed by atoms with Crippen molar-refractivity contribution in [2.75, 3.05) is 6.61 Å². The number of nitrogens with one attached hydrogen (secondary N) is 1. The standard InChI is InChI=1S/C14H22N2O2/c1-3-11(4-2)9-18-10-12-7-5-6-8-13(12)14(17)16-15/h5-8,11H,3-4,9-10,15H2,1-2H3,(H,16,17). The molecule has 0 aliphatic heterocycles. The molecule has 0 aromatic heterocycles. The molecule has 0 atom stereocenters. The average Bonchev–Trinajstić information content (AvgIpc) is 2.43. The normalized spacial score (nSPS) is 10.7. The van der Waals surface area contributed by atoms with Gasteiger partial charge >= 0.3 is 0 Å². The molecule has 0 unspecified atom stereocenters. The number of rotatable bonds is 7. The van der Waals surface area contributed by atoms with E-state index in [1.165, 1.54) is 0 Å². The van der Waals surface area contributed by atoms with Gasteiger partial charge in [-0.15, -0.1) is 0 Å². The van der Waals surface area contributed by atoms with Crippen molar-refractivity contribution in [3.8, 4) is 0 Å². The summed E-state index contributed by atoms with van der Waals surface area (Å²) in [5, 5.41) is 0. The Labute approximate surface area is 108 Å². The lowest BCUT2D eigenvalue weighted by atomic mass is 10.1. The van der Waals surface area contributed by atoms with Gasteiger partial charge in [-0.2, -0.15) is 0 Å². The predicted octanol–water partition coefficient (Wildman–Crippen LogP) is 2.24. The van der Waals surface area contributed by atoms with Gasteiger partial charge < -0.3 is 4.74 Å². The van der Waals surface area contributed by atoms with Crippen LogP contribution >= 0.6 is 0 Å². The molecule has 0 heterocycles. The Balaban J connectivity index is 2.59. The number of benzene rings is 1. The molecule has 1 aromatic carbocycles. The molecule has 18 heavy (non-hydrogen) atoms. The molecule has 0 saturated heterocycles. The maximum atomic E-state index is 11.6. The molecule has 0 spiro atoms. The van der Waals surface area contributed by atoms with Crippen molar-refractivity contribution in [2.24, 2.45) is 11.8 Å². The fourth-order valence-electron chi connectivity index (χ4n) is 1.81. The Morgan fingerprint density at radius 1 is 1.33 bits per heavy atom. The lowest BCUT2D eigenvalue weighted by Gasteiger charge is -2.14. The summed E-state index contributed by atoms with van der Waals surface area (Å²) in [6.07, 6.45) is 2.23. The largest absolute Gasteiger partial charge is 0.376 e. The van der Waals surface area contributed by atoms with Crippen molar-refractivity contribution in [3.63, 3.8) is 0 Å². The highest BCUT2D eigenvalue weighted by Crippen LogP contribution is 2.13. The van der Waals surface area contributed by atoms with Gasteiger partial charge in [0.1, 0.15) is 0 Å². The third-order valence-corrected chi connectivity index (χ3v) is 3.16. The number of nitrogens with two attached hydrogens (primary N) is 1. The topological polar surface area (TPSA) is 64.3 Å². The fraction of sp³-hybridized carbons (Fsp3) is 0.500. The third-order valence-electron chi connectivity index (χ3n) is 3.16. The van der Waals surface area contributed by atoms with Crippen LogP contribution < -0.4 is 11.3 Å². The van der Waals surface area contributed by atoms with E-state index in [-0.39, 0.29) is 5.91 Å². The minimum atomic E-state index is -0.281. The summed E-state index contributed by atoms with van der Waals surface area (Å²) in [4.78, 5) is 11.6. The van der Waals surface area contributed by atoms with E-state index in [1.54, 1.807) is 6.07 Å². The van der Waals surface area contributed by atoms with Gasteiger partial charge in [0.2, 0.25) is 0 Å². The molecule has 0 aliphatic carbocycles. The van der Waals surface area contributed by atoms with Crippen LogP contribution in [0.15, 0.2) is 24.3 Å². The van der Waals surface area contributed by atoms with E-state index in [9.17, 15) is 4.79 Å². The van der Waals surface area contributed by atoms with Crippen LogP contribution in [-0.4, -0.2) is 12.5 Å². The second-order valence-corrected chi connectivity index (χ2v) is 4.33. The fourth-order valence-corrected chi connectivity index (χ4v) is 1.81. The first-order chi connectivity index (χ1) is 8.72. The number of carbonyl (C=O) groups is 1. The molecule has 100 valence electrons. The average molecular weight is 250 g/mol. The molecule has 3 N–H and O–H groups in total. The molecule has 4 heteroatoms. The van der Waals surface area contributed by atoms with E-state index in [4.69, 9.17) is 10.6 Å². The molecule has 0 aliphatic rings. The number of nitrogen functional groups attached to an aromatic ring is 1. The van der Waals surface area contributed by atoms with Gasteiger partial charge in [-0.05, 0) is 17.5 Å². The highest BCUT2D eigenvalue weighted by atomic mass is 16.5. The Hall–Kier alpha value is -1.39. The van der Waals surface area contributed by atoms with Gasteiger partial charge in [0.25, 0.3) is 5.91 Å². The highest BCUT2D eigenvalue weighted by molar-refractivity contribution is 5.95. The monoisotopic (exact) mass is 250 g/mol. The maximum absolute atomic E-state index is 11.6. The number of hydrogen-bond acceptors (Lipinski definition) is 3. The highest BCUT2D eigenvalue weighted by Gasteiger charge is 2.10. The SMILES string of the molecule is CCC(CC)COCc1ccccc1C(=O)NN. The number of hydrogen-bond donors (Lipinski definition) is 2. The maximum Gasteiger partial charge on any atom is 0.265 e. The van der Waals surface area contributed by atoms with Crippen LogP contribution in [0.2, 0.25) is 0 Å². The number of amides is 1. The van der Waals surface area contributed by atoms with E-state index in [0.29, 0.717) is 18.1 Å². The Morgan fingerprint density at radius 3 is 2.61 bits per heavy atom. The van der Waals surface area contributed by atoms with E-state index in [1.807, 2.05) is 18.2 Å². The van der Waals surface area contributed by atoms with Crippen molar-refractivity contribution >= 4 is 5.91 Å². The summed E-state index contributed by atoms with van der Waals surface area (Å²) in [7, 11) is 0. The first-order valence-corrected chi connectivity index (χ1v) is 6.39. The van der Waals surface area contributed by atoms with E-state index < -0.39 is 0 Å². The lowest BCUT2D eigenvalue weighted by molar-refractivity contribution is 0.0820. The first-order valence-electron chi connectivity index (χ1n) is 6.39. The smallest absolute Gasteiger partial charge is 0.265 e. The third kappa shape index (κ3) is 4.13. The molecule has 1 rings (SSSR count). The van der Waals surface area contributed by atoms with E-state index in [0.717, 1.165) is 25.0 Å². The van der Waals surface area contributed by atoms with Crippen molar-refractivity contribution in [3.05, 3.63) is 35.4 Å². The molecule has 1 aromatic rings. The second-order valence-electron chi connectivity index (χ2n) is 4.33. The minimum Gasteiger partial charge on any atom is -0.376 e. The zero-order valence-electron chi connectivity index (χ0n) is 11.1. The van der Waals surface area contributed by atoms with Crippen molar-refractivity contribution in [1.82, 2.24) is 5.43 Å². The Bertz CT molecular complexity index is 376. The summed E-state index contributed by atoms with van der Waals surface area (Å²) >= 11 is 0. The zero-order chi connectivity index (χ0) is 13.4. The molecule has 0 radical (unpaired) electrons. The van der Waals surface area contributed by atoms with Crippen LogP contribution in [0.25, 0.3) is 0 Å². The molecule has 0 bridgehead atoms. The van der Waals surface area contributed by atoms with Gasteiger partial charge in [0.05, 0.1) is 6.61 Å². The molecular weight excluding hydrogens is 228 g/mol. The van der Waals surface area contributed by atoms with Crippen LogP contribution in [0.4, 0.5) is 0 Å². The lowest BCUT2D eigenvalue weighted by Crippen LogP contribution is -2.30. The van der Waals surface area contributed by atoms with Crippen molar-refractivity contribution in [2.45, 2.75) is 33.3 Å². The molecule has 4 nitrogen and oxygen atoms in total. The summed E-state index contributed by atoms with van der Waals surface area (Å²) in [5.74, 6) is 5.46. The van der Waals surface area contributed by atoms with Crippen LogP contribution in [-0.2, 0) is 11.3 Å². The molecule has 1 amide bonds. The number of carbonyl (C=O) groups excluding carboxylic acids is 1. The van der Waals surface area contributed by atoms with Gasteiger partial charge in [-0.25, -0.2) is 5.84 Å². The zero-order valence-corrected chi connectivity index (χ0v) is 11.1. The number of hydrazine groups is 1. The van der Waals surface area contributed by atoms with Crippen LogP contribution in [0.1, 0.15) is 42.6 Å². The Morgan fingerprint density at radius 2 is 2.00 bits per heavy atom. The van der Waals surface area contributed by atoms with Gasteiger partial charge in [0, 0.05) is 12.2 Å².